The number of halogens is 3. The Kier molecular flexibility index (Phi) is 3.94. The van der Waals surface area contributed by atoms with E-state index < -0.39 is 21.9 Å². The van der Waals surface area contributed by atoms with E-state index in [0.717, 1.165) is 23.2 Å². The van der Waals surface area contributed by atoms with Crippen molar-refractivity contribution in [2.24, 2.45) is 21.3 Å². The third-order valence-electron chi connectivity index (χ3n) is 6.03. The van der Waals surface area contributed by atoms with Gasteiger partial charge in [0, 0.05) is 17.2 Å². The van der Waals surface area contributed by atoms with Crippen molar-refractivity contribution in [3.05, 3.63) is 71.3 Å². The van der Waals surface area contributed by atoms with Crippen molar-refractivity contribution in [2.45, 2.75) is 35.1 Å². The fourth-order valence-corrected chi connectivity index (χ4v) is 4.99. The summed E-state index contributed by atoms with van der Waals surface area (Å²) in [6.07, 6.45) is 0.287. The van der Waals surface area contributed by atoms with Gasteiger partial charge in [0.15, 0.2) is 0 Å². The monoisotopic (exact) mass is 434 g/mol. The number of hydrogen-bond acceptors (Lipinski definition) is 5. The molecule has 2 aromatic carbocycles. The first-order chi connectivity index (χ1) is 14.1. The van der Waals surface area contributed by atoms with Gasteiger partial charge in [0.1, 0.15) is 0 Å². The van der Waals surface area contributed by atoms with Gasteiger partial charge in [-0.15, -0.1) is 10.2 Å². The highest BCUT2D eigenvalue weighted by molar-refractivity contribution is 7.89. The van der Waals surface area contributed by atoms with Crippen LogP contribution < -0.4 is 10.5 Å². The Morgan fingerprint density at radius 1 is 1.10 bits per heavy atom. The molecule has 0 amide bonds. The molecule has 156 valence electrons. The van der Waals surface area contributed by atoms with Crippen LogP contribution in [0.15, 0.2) is 69.7 Å². The second kappa shape index (κ2) is 6.14. The summed E-state index contributed by atoms with van der Waals surface area (Å²) < 4.78 is 63.2. The largest absolute Gasteiger partial charge is 0.442 e. The molecule has 3 N–H and O–H groups in total. The van der Waals surface area contributed by atoms with E-state index in [1.807, 2.05) is 12.2 Å². The standard InChI is InChI=1S/C20H17F3N4O2S/c21-20(22,23)19(26-27-19)12-6-4-11(5-7-12)18-15-3-1-2-14(15)16-10-13(30(24,28)29)8-9-17(16)25-18/h1-2,4-10,14-15,18,25H,3H2,(H2,24,28,29)/t14-,15+,18+/m0/s1. The van der Waals surface area contributed by atoms with Gasteiger partial charge in [0.2, 0.25) is 10.0 Å². The molecule has 1 aliphatic carbocycles. The maximum absolute atomic E-state index is 13.2. The van der Waals surface area contributed by atoms with E-state index in [1.54, 1.807) is 24.3 Å². The number of benzene rings is 2. The zero-order chi connectivity index (χ0) is 21.3. The van der Waals surface area contributed by atoms with E-state index >= 15 is 0 Å². The summed E-state index contributed by atoms with van der Waals surface area (Å²) in [5.41, 5.74) is 0.0353. The molecular formula is C20H17F3N4O2S. The smallest absolute Gasteiger partial charge is 0.378 e. The minimum atomic E-state index is -4.56. The Morgan fingerprint density at radius 2 is 1.80 bits per heavy atom. The minimum absolute atomic E-state index is 0.00569. The van der Waals surface area contributed by atoms with E-state index in [0.29, 0.717) is 0 Å². The van der Waals surface area contributed by atoms with Crippen LogP contribution in [0.25, 0.3) is 0 Å². The van der Waals surface area contributed by atoms with Crippen LogP contribution in [0.3, 0.4) is 0 Å². The van der Waals surface area contributed by atoms with Crippen LogP contribution in [0.2, 0.25) is 0 Å². The summed E-state index contributed by atoms with van der Waals surface area (Å²) in [7, 11) is -3.82. The SMILES string of the molecule is NS(=O)(=O)c1ccc2c(c1)[C@H]1C=CC[C@H]1[C@@H](c1ccc(C3(C(F)(F)F)N=N3)cc1)N2. The normalized spacial score (nSPS) is 26.1. The molecule has 0 unspecified atom stereocenters. The Hall–Kier alpha value is -2.72. The summed E-state index contributed by atoms with van der Waals surface area (Å²) in [4.78, 5) is 0.0549. The number of anilines is 1. The number of hydrogen-bond donors (Lipinski definition) is 2. The van der Waals surface area contributed by atoms with Crippen molar-refractivity contribution in [3.63, 3.8) is 0 Å². The fraction of sp³-hybridized carbons (Fsp3) is 0.300. The lowest BCUT2D eigenvalue weighted by Crippen LogP contribution is -2.31. The fourth-order valence-electron chi connectivity index (χ4n) is 4.44. The first-order valence-electron chi connectivity index (χ1n) is 9.31. The molecule has 10 heteroatoms. The van der Waals surface area contributed by atoms with Gasteiger partial charge < -0.3 is 5.32 Å². The molecule has 0 aromatic heterocycles. The van der Waals surface area contributed by atoms with Crippen molar-refractivity contribution >= 4 is 15.7 Å². The average molecular weight is 434 g/mol. The highest BCUT2D eigenvalue weighted by Gasteiger charge is 2.65. The molecule has 0 spiro atoms. The molecule has 3 atom stereocenters. The number of nitrogens with one attached hydrogen (secondary N) is 1. The molecule has 2 heterocycles. The van der Waals surface area contributed by atoms with Crippen molar-refractivity contribution in [1.29, 1.82) is 0 Å². The number of primary sulfonamides is 1. The molecule has 0 bridgehead atoms. The average Bonchev–Trinajstić information content (AvgIpc) is 3.37. The Labute approximate surface area is 170 Å². The topological polar surface area (TPSA) is 96.9 Å². The summed E-state index contributed by atoms with van der Waals surface area (Å²) >= 11 is 0. The molecule has 30 heavy (non-hydrogen) atoms. The Bertz CT molecular complexity index is 1180. The second-order valence-electron chi connectivity index (χ2n) is 7.76. The van der Waals surface area contributed by atoms with Crippen LogP contribution in [0.4, 0.5) is 18.9 Å². The summed E-state index contributed by atoms with van der Waals surface area (Å²) in [6, 6.07) is 10.8. The molecule has 0 saturated carbocycles. The van der Waals surface area contributed by atoms with Crippen LogP contribution in [-0.2, 0) is 15.7 Å². The highest BCUT2D eigenvalue weighted by atomic mass is 32.2. The molecule has 2 aliphatic heterocycles. The second-order valence-corrected chi connectivity index (χ2v) is 9.32. The lowest BCUT2D eigenvalue weighted by Gasteiger charge is -2.37. The molecule has 5 rings (SSSR count). The molecule has 2 aromatic rings. The number of alkyl halides is 3. The van der Waals surface area contributed by atoms with Gasteiger partial charge in [-0.3, -0.25) is 0 Å². The maximum atomic E-state index is 13.2. The van der Waals surface area contributed by atoms with Crippen LogP contribution in [0.1, 0.15) is 35.1 Å². The van der Waals surface area contributed by atoms with Crippen molar-refractivity contribution in [2.75, 3.05) is 5.32 Å². The lowest BCUT2D eigenvalue weighted by molar-refractivity contribution is -0.166. The first-order valence-corrected chi connectivity index (χ1v) is 10.9. The predicted octanol–water partition coefficient (Wildman–Crippen LogP) is 4.34. The molecule has 6 nitrogen and oxygen atoms in total. The Morgan fingerprint density at radius 3 is 2.40 bits per heavy atom. The number of fused-ring (bicyclic) bond motifs is 3. The lowest BCUT2D eigenvalue weighted by atomic mass is 9.77. The number of sulfonamides is 1. The zero-order valence-electron chi connectivity index (χ0n) is 15.5. The first kappa shape index (κ1) is 19.3. The highest BCUT2D eigenvalue weighted by Crippen LogP contribution is 2.53. The van der Waals surface area contributed by atoms with Crippen LogP contribution in [0, 0.1) is 5.92 Å². The maximum Gasteiger partial charge on any atom is 0.442 e. The minimum Gasteiger partial charge on any atom is -0.378 e. The third kappa shape index (κ3) is 2.85. The number of nitrogens with two attached hydrogens (primary N) is 1. The van der Waals surface area contributed by atoms with Crippen molar-refractivity contribution in [3.8, 4) is 0 Å². The van der Waals surface area contributed by atoms with Crippen molar-refractivity contribution in [1.82, 2.24) is 0 Å². The van der Waals surface area contributed by atoms with Gasteiger partial charge >= 0.3 is 11.8 Å². The van der Waals surface area contributed by atoms with Gasteiger partial charge in [-0.25, -0.2) is 13.6 Å². The molecular weight excluding hydrogens is 417 g/mol. The number of rotatable bonds is 3. The van der Waals surface area contributed by atoms with E-state index in [1.165, 1.54) is 18.2 Å². The van der Waals surface area contributed by atoms with Crippen molar-refractivity contribution < 1.29 is 21.6 Å². The quantitative estimate of drug-likeness (QED) is 0.703. The van der Waals surface area contributed by atoms with Crippen LogP contribution in [-0.4, -0.2) is 14.6 Å². The van der Waals surface area contributed by atoms with Gasteiger partial charge in [-0.05, 0) is 41.7 Å². The predicted molar refractivity (Wildman–Crippen MR) is 103 cm³/mol. The van der Waals surface area contributed by atoms with Gasteiger partial charge in [0.05, 0.1) is 10.9 Å². The molecule has 3 aliphatic rings. The zero-order valence-corrected chi connectivity index (χ0v) is 16.3. The van der Waals surface area contributed by atoms with Gasteiger partial charge in [0.25, 0.3) is 0 Å². The van der Waals surface area contributed by atoms with Gasteiger partial charge in [-0.2, -0.15) is 13.2 Å². The molecule has 0 saturated heterocycles. The van der Waals surface area contributed by atoms with E-state index in [2.05, 4.69) is 15.5 Å². The van der Waals surface area contributed by atoms with Gasteiger partial charge in [-0.1, -0.05) is 36.4 Å². The van der Waals surface area contributed by atoms with Crippen LogP contribution in [0.5, 0.6) is 0 Å². The molecule has 0 fully saturated rings. The summed E-state index contributed by atoms with van der Waals surface area (Å²) in [6.45, 7) is 0. The van der Waals surface area contributed by atoms with E-state index in [-0.39, 0.29) is 28.3 Å². The number of allylic oxidation sites excluding steroid dienone is 2. The number of nitrogens with zero attached hydrogens (tertiary/aromatic N) is 2. The summed E-state index contributed by atoms with van der Waals surface area (Å²) in [5, 5.41) is 15.2. The molecule has 0 radical (unpaired) electrons. The van der Waals surface area contributed by atoms with E-state index in [4.69, 9.17) is 5.14 Å². The van der Waals surface area contributed by atoms with E-state index in [9.17, 15) is 21.6 Å². The van der Waals surface area contributed by atoms with Crippen LogP contribution >= 0.6 is 0 Å². The summed E-state index contributed by atoms with van der Waals surface area (Å²) in [5.74, 6) is 0.0912. The Balaban J connectivity index is 1.48. The third-order valence-corrected chi connectivity index (χ3v) is 6.94.